The summed E-state index contributed by atoms with van der Waals surface area (Å²) in [6.45, 7) is 4.57. The molecule has 0 aliphatic rings. The molecular weight excluding hydrogens is 329 g/mol. The van der Waals surface area contributed by atoms with Gasteiger partial charge in [0.15, 0.2) is 0 Å². The highest BCUT2D eigenvalue weighted by molar-refractivity contribution is 6.48. The van der Waals surface area contributed by atoms with Gasteiger partial charge in [0, 0.05) is 0 Å². The van der Waals surface area contributed by atoms with Crippen LogP contribution in [0.2, 0.25) is 15.1 Å². The van der Waals surface area contributed by atoms with Crippen LogP contribution in [0.15, 0.2) is 36.4 Å². The Morgan fingerprint density at radius 1 is 1.05 bits per heavy atom. The minimum Gasteiger partial charge on any atom is -0.492 e. The predicted molar refractivity (Wildman–Crippen MR) is 91.1 cm³/mol. The van der Waals surface area contributed by atoms with Crippen molar-refractivity contribution in [2.45, 2.75) is 19.9 Å². The molecule has 5 heteroatoms. The van der Waals surface area contributed by atoms with Gasteiger partial charge in [-0.1, -0.05) is 53.0 Å². The number of nitrogens with one attached hydrogen (secondary N) is 1. The Hall–Kier alpha value is -1.09. The number of hydrogen-bond donors (Lipinski definition) is 1. The van der Waals surface area contributed by atoms with Crippen molar-refractivity contribution >= 4 is 40.5 Å². The molecule has 0 saturated heterocycles. The number of halogens is 3. The van der Waals surface area contributed by atoms with Crippen molar-refractivity contribution in [3.05, 3.63) is 57.0 Å². The predicted octanol–water partition coefficient (Wildman–Crippen LogP) is 6.22. The Kier molecular flexibility index (Phi) is 5.63. The highest BCUT2D eigenvalue weighted by atomic mass is 35.5. The molecule has 0 bridgehead atoms. The van der Waals surface area contributed by atoms with E-state index in [0.717, 1.165) is 17.0 Å². The van der Waals surface area contributed by atoms with Crippen LogP contribution >= 0.6 is 34.8 Å². The second-order valence-corrected chi connectivity index (χ2v) is 5.72. The molecular formula is C16H16Cl3NO. The van der Waals surface area contributed by atoms with Gasteiger partial charge in [-0.25, -0.2) is 0 Å². The molecule has 21 heavy (non-hydrogen) atoms. The fourth-order valence-electron chi connectivity index (χ4n) is 2.05. The van der Waals surface area contributed by atoms with Crippen LogP contribution in [0.3, 0.4) is 0 Å². The molecule has 0 saturated carbocycles. The third kappa shape index (κ3) is 3.76. The van der Waals surface area contributed by atoms with Gasteiger partial charge >= 0.3 is 0 Å². The fraction of sp³-hybridized carbons (Fsp3) is 0.250. The second-order valence-electron chi connectivity index (χ2n) is 4.56. The molecule has 1 atom stereocenters. The SMILES string of the molecule is CCOc1ccccc1NC(C)c1ccc(Cl)c(Cl)c1Cl. The summed E-state index contributed by atoms with van der Waals surface area (Å²) in [5.41, 5.74) is 1.80. The average Bonchev–Trinajstić information content (AvgIpc) is 2.47. The molecule has 2 aromatic carbocycles. The van der Waals surface area contributed by atoms with Crippen LogP contribution in [0.25, 0.3) is 0 Å². The standard InChI is InChI=1S/C16H16Cl3NO/c1-3-21-14-7-5-4-6-13(14)20-10(2)11-8-9-12(17)16(19)15(11)18/h4-10,20H,3H2,1-2H3. The Morgan fingerprint density at radius 2 is 1.76 bits per heavy atom. The van der Waals surface area contributed by atoms with E-state index in [0.29, 0.717) is 21.7 Å². The fourth-order valence-corrected chi connectivity index (χ4v) is 2.76. The van der Waals surface area contributed by atoms with Crippen LogP contribution in [0.5, 0.6) is 5.75 Å². The van der Waals surface area contributed by atoms with E-state index in [1.807, 2.05) is 44.2 Å². The van der Waals surface area contributed by atoms with Gasteiger partial charge in [-0.15, -0.1) is 0 Å². The second kappa shape index (κ2) is 7.26. The number of rotatable bonds is 5. The highest BCUT2D eigenvalue weighted by Crippen LogP contribution is 2.37. The first kappa shape index (κ1) is 16.3. The average molecular weight is 345 g/mol. The van der Waals surface area contributed by atoms with Crippen molar-refractivity contribution in [2.24, 2.45) is 0 Å². The summed E-state index contributed by atoms with van der Waals surface area (Å²) < 4.78 is 5.60. The molecule has 0 aromatic heterocycles. The quantitative estimate of drug-likeness (QED) is 0.650. The van der Waals surface area contributed by atoms with E-state index in [2.05, 4.69) is 5.32 Å². The number of benzene rings is 2. The van der Waals surface area contributed by atoms with E-state index in [4.69, 9.17) is 39.5 Å². The van der Waals surface area contributed by atoms with E-state index >= 15 is 0 Å². The summed E-state index contributed by atoms with van der Waals surface area (Å²) in [6, 6.07) is 11.4. The zero-order valence-electron chi connectivity index (χ0n) is 11.8. The number of ether oxygens (including phenoxy) is 1. The topological polar surface area (TPSA) is 21.3 Å². The molecule has 0 radical (unpaired) electrons. The lowest BCUT2D eigenvalue weighted by molar-refractivity contribution is 0.341. The van der Waals surface area contributed by atoms with E-state index in [-0.39, 0.29) is 6.04 Å². The van der Waals surface area contributed by atoms with Gasteiger partial charge < -0.3 is 10.1 Å². The maximum atomic E-state index is 6.27. The third-order valence-electron chi connectivity index (χ3n) is 3.09. The normalized spacial score (nSPS) is 12.0. The maximum Gasteiger partial charge on any atom is 0.142 e. The van der Waals surface area contributed by atoms with Crippen LogP contribution < -0.4 is 10.1 Å². The minimum absolute atomic E-state index is 0.0335. The van der Waals surface area contributed by atoms with Gasteiger partial charge in [0.1, 0.15) is 5.75 Å². The first-order valence-corrected chi connectivity index (χ1v) is 7.79. The Labute approximate surface area is 140 Å². The van der Waals surface area contributed by atoms with Crippen molar-refractivity contribution in [2.75, 3.05) is 11.9 Å². The van der Waals surface area contributed by atoms with Crippen molar-refractivity contribution < 1.29 is 4.74 Å². The van der Waals surface area contributed by atoms with E-state index in [1.54, 1.807) is 6.07 Å². The minimum atomic E-state index is -0.0335. The summed E-state index contributed by atoms with van der Waals surface area (Å²) in [7, 11) is 0. The number of hydrogen-bond acceptors (Lipinski definition) is 2. The smallest absolute Gasteiger partial charge is 0.142 e. The van der Waals surface area contributed by atoms with E-state index in [9.17, 15) is 0 Å². The Bertz CT molecular complexity index is 631. The molecule has 2 aromatic rings. The third-order valence-corrected chi connectivity index (χ3v) is 4.40. The summed E-state index contributed by atoms with van der Waals surface area (Å²) in [6.07, 6.45) is 0. The van der Waals surface area contributed by atoms with Crippen molar-refractivity contribution in [3.63, 3.8) is 0 Å². The summed E-state index contributed by atoms with van der Waals surface area (Å²) >= 11 is 18.3. The van der Waals surface area contributed by atoms with E-state index < -0.39 is 0 Å². The molecule has 1 N–H and O–H groups in total. The molecule has 2 nitrogen and oxygen atoms in total. The molecule has 0 amide bonds. The molecule has 0 fully saturated rings. The van der Waals surface area contributed by atoms with E-state index in [1.165, 1.54) is 0 Å². The van der Waals surface area contributed by atoms with Crippen LogP contribution in [0, 0.1) is 0 Å². The zero-order chi connectivity index (χ0) is 15.4. The maximum absolute atomic E-state index is 6.27. The molecule has 0 aliphatic heterocycles. The van der Waals surface area contributed by atoms with Gasteiger partial charge in [0.05, 0.1) is 33.4 Å². The highest BCUT2D eigenvalue weighted by Gasteiger charge is 2.15. The number of para-hydroxylation sites is 2. The largest absolute Gasteiger partial charge is 0.492 e. The first-order chi connectivity index (χ1) is 10.0. The van der Waals surface area contributed by atoms with Gasteiger partial charge in [0.25, 0.3) is 0 Å². The lowest BCUT2D eigenvalue weighted by Gasteiger charge is -2.20. The van der Waals surface area contributed by atoms with Gasteiger partial charge in [-0.3, -0.25) is 0 Å². The van der Waals surface area contributed by atoms with Crippen LogP contribution in [0.4, 0.5) is 5.69 Å². The number of anilines is 1. The first-order valence-electron chi connectivity index (χ1n) is 6.66. The van der Waals surface area contributed by atoms with Crippen LogP contribution in [0.1, 0.15) is 25.5 Å². The lowest BCUT2D eigenvalue weighted by atomic mass is 10.1. The van der Waals surface area contributed by atoms with Crippen molar-refractivity contribution in [1.82, 2.24) is 0 Å². The van der Waals surface area contributed by atoms with Gasteiger partial charge in [-0.05, 0) is 37.6 Å². The summed E-state index contributed by atoms with van der Waals surface area (Å²) in [5, 5.41) is 4.69. The summed E-state index contributed by atoms with van der Waals surface area (Å²) in [5.74, 6) is 0.808. The Morgan fingerprint density at radius 3 is 2.48 bits per heavy atom. The van der Waals surface area contributed by atoms with Crippen LogP contribution in [-0.2, 0) is 0 Å². The zero-order valence-corrected chi connectivity index (χ0v) is 14.1. The monoisotopic (exact) mass is 343 g/mol. The van der Waals surface area contributed by atoms with Gasteiger partial charge in [-0.2, -0.15) is 0 Å². The molecule has 112 valence electrons. The lowest BCUT2D eigenvalue weighted by Crippen LogP contribution is -2.09. The molecule has 0 spiro atoms. The molecule has 0 heterocycles. The van der Waals surface area contributed by atoms with Gasteiger partial charge in [0.2, 0.25) is 0 Å². The molecule has 2 rings (SSSR count). The van der Waals surface area contributed by atoms with Crippen molar-refractivity contribution in [1.29, 1.82) is 0 Å². The molecule has 1 unspecified atom stereocenters. The van der Waals surface area contributed by atoms with Crippen molar-refractivity contribution in [3.8, 4) is 5.75 Å². The Balaban J connectivity index is 2.26. The summed E-state index contributed by atoms with van der Waals surface area (Å²) in [4.78, 5) is 0. The van der Waals surface area contributed by atoms with Crippen LogP contribution in [-0.4, -0.2) is 6.61 Å². The molecule has 0 aliphatic carbocycles.